The highest BCUT2D eigenvalue weighted by Gasteiger charge is 2.33. The number of hydrogen-bond acceptors (Lipinski definition) is 4. The Labute approximate surface area is 119 Å². The van der Waals surface area contributed by atoms with Crippen molar-refractivity contribution in [3.05, 3.63) is 22.4 Å². The largest absolute Gasteiger partial charge is 0.298 e. The molecule has 2 fully saturated rings. The fourth-order valence-corrected chi connectivity index (χ4v) is 3.99. The first kappa shape index (κ1) is 13.3. The number of piperidine rings is 1. The van der Waals surface area contributed by atoms with Crippen molar-refractivity contribution in [2.24, 2.45) is 0 Å². The molecular formula is C15H22N2OS. The van der Waals surface area contributed by atoms with Crippen LogP contribution in [0.1, 0.15) is 35.9 Å². The van der Waals surface area contributed by atoms with E-state index in [2.05, 4.69) is 16.7 Å². The zero-order chi connectivity index (χ0) is 13.2. The average molecular weight is 278 g/mol. The van der Waals surface area contributed by atoms with Crippen LogP contribution in [0.3, 0.4) is 0 Å². The number of hydrogen-bond donors (Lipinski definition) is 0. The Morgan fingerprint density at radius 1 is 1.42 bits per heavy atom. The Kier molecular flexibility index (Phi) is 4.01. The van der Waals surface area contributed by atoms with Crippen molar-refractivity contribution >= 4 is 17.1 Å². The van der Waals surface area contributed by atoms with Crippen molar-refractivity contribution in [2.75, 3.05) is 26.2 Å². The molecule has 0 radical (unpaired) electrons. The molecule has 1 aromatic rings. The number of Topliss-reactive ketones (excluding diaryl/α,β-unsaturated/α-hetero) is 1. The van der Waals surface area contributed by atoms with Gasteiger partial charge < -0.3 is 0 Å². The minimum Gasteiger partial charge on any atom is -0.298 e. The summed E-state index contributed by atoms with van der Waals surface area (Å²) in [4.78, 5) is 18.1. The normalized spacial score (nSPS) is 29.1. The van der Waals surface area contributed by atoms with E-state index in [1.54, 1.807) is 11.3 Å². The van der Waals surface area contributed by atoms with Crippen LogP contribution in [0, 0.1) is 0 Å². The van der Waals surface area contributed by atoms with Crippen LogP contribution in [0.2, 0.25) is 0 Å². The van der Waals surface area contributed by atoms with Gasteiger partial charge in [-0.3, -0.25) is 14.6 Å². The summed E-state index contributed by atoms with van der Waals surface area (Å²) in [6.45, 7) is 6.29. The van der Waals surface area contributed by atoms with Crippen LogP contribution < -0.4 is 0 Å². The number of carbonyl (C=O) groups excluding carboxylic acids is 1. The van der Waals surface area contributed by atoms with E-state index < -0.39 is 0 Å². The number of nitrogens with zero attached hydrogens (tertiary/aromatic N) is 2. The first-order chi connectivity index (χ1) is 9.24. The maximum Gasteiger partial charge on any atom is 0.186 e. The second-order valence-corrected chi connectivity index (χ2v) is 6.77. The van der Waals surface area contributed by atoms with E-state index in [4.69, 9.17) is 0 Å². The van der Waals surface area contributed by atoms with E-state index in [0.29, 0.717) is 18.6 Å². The molecule has 0 bridgehead atoms. The summed E-state index contributed by atoms with van der Waals surface area (Å²) in [5.41, 5.74) is 0. The highest BCUT2D eigenvalue weighted by molar-refractivity contribution is 7.12. The minimum absolute atomic E-state index is 0.283. The van der Waals surface area contributed by atoms with Gasteiger partial charge in [-0.05, 0) is 37.8 Å². The smallest absolute Gasteiger partial charge is 0.186 e. The quantitative estimate of drug-likeness (QED) is 0.794. The van der Waals surface area contributed by atoms with Crippen molar-refractivity contribution < 1.29 is 4.79 Å². The SMILES string of the molecule is CC1CN2CCCCC2CN1CC(=O)c1cccs1. The Hall–Kier alpha value is -0.710. The van der Waals surface area contributed by atoms with Crippen LogP contribution in [0.25, 0.3) is 0 Å². The molecule has 3 heterocycles. The van der Waals surface area contributed by atoms with E-state index in [0.717, 1.165) is 18.0 Å². The van der Waals surface area contributed by atoms with Gasteiger partial charge in [0.25, 0.3) is 0 Å². The lowest BCUT2D eigenvalue weighted by Gasteiger charge is -2.47. The summed E-state index contributed by atoms with van der Waals surface area (Å²) in [6, 6.07) is 5.08. The van der Waals surface area contributed by atoms with Crippen molar-refractivity contribution in [3.63, 3.8) is 0 Å². The molecule has 2 unspecified atom stereocenters. The highest BCUT2D eigenvalue weighted by atomic mass is 32.1. The molecule has 3 rings (SSSR count). The first-order valence-corrected chi connectivity index (χ1v) is 8.17. The van der Waals surface area contributed by atoms with Gasteiger partial charge in [-0.15, -0.1) is 11.3 Å². The molecule has 2 saturated heterocycles. The molecule has 1 aromatic heterocycles. The molecule has 0 aliphatic carbocycles. The molecule has 0 N–H and O–H groups in total. The zero-order valence-electron chi connectivity index (χ0n) is 11.5. The van der Waals surface area contributed by atoms with Crippen molar-refractivity contribution in [2.45, 2.75) is 38.3 Å². The number of rotatable bonds is 3. The van der Waals surface area contributed by atoms with Gasteiger partial charge in [-0.2, -0.15) is 0 Å². The van der Waals surface area contributed by atoms with E-state index in [1.165, 1.54) is 25.8 Å². The molecule has 2 atom stereocenters. The third kappa shape index (κ3) is 2.91. The van der Waals surface area contributed by atoms with Gasteiger partial charge in [-0.1, -0.05) is 12.5 Å². The van der Waals surface area contributed by atoms with Gasteiger partial charge in [0.05, 0.1) is 11.4 Å². The van der Waals surface area contributed by atoms with Crippen LogP contribution >= 0.6 is 11.3 Å². The summed E-state index contributed by atoms with van der Waals surface area (Å²) in [5.74, 6) is 0.283. The summed E-state index contributed by atoms with van der Waals surface area (Å²) >= 11 is 1.56. The van der Waals surface area contributed by atoms with Crippen molar-refractivity contribution in [1.29, 1.82) is 0 Å². The van der Waals surface area contributed by atoms with Crippen molar-refractivity contribution in [1.82, 2.24) is 9.80 Å². The lowest BCUT2D eigenvalue weighted by Crippen LogP contribution is -2.59. The Balaban J connectivity index is 1.63. The Bertz CT molecular complexity index is 431. The molecule has 19 heavy (non-hydrogen) atoms. The number of fused-ring (bicyclic) bond motifs is 1. The number of ketones is 1. The molecule has 4 heteroatoms. The number of carbonyl (C=O) groups is 1. The van der Waals surface area contributed by atoms with E-state index in [9.17, 15) is 4.79 Å². The second-order valence-electron chi connectivity index (χ2n) is 5.82. The van der Waals surface area contributed by atoms with E-state index in [-0.39, 0.29) is 5.78 Å². The lowest BCUT2D eigenvalue weighted by molar-refractivity contribution is 0.0167. The Morgan fingerprint density at radius 3 is 3.11 bits per heavy atom. The van der Waals surface area contributed by atoms with Gasteiger partial charge in [0.15, 0.2) is 5.78 Å². The fourth-order valence-electron chi connectivity index (χ4n) is 3.33. The topological polar surface area (TPSA) is 23.6 Å². The maximum absolute atomic E-state index is 12.2. The summed E-state index contributed by atoms with van der Waals surface area (Å²) in [6.07, 6.45) is 4.00. The average Bonchev–Trinajstić information content (AvgIpc) is 2.93. The molecule has 0 spiro atoms. The monoisotopic (exact) mass is 278 g/mol. The van der Waals surface area contributed by atoms with Crippen LogP contribution in [0.15, 0.2) is 17.5 Å². The molecular weight excluding hydrogens is 256 g/mol. The van der Waals surface area contributed by atoms with Gasteiger partial charge in [-0.25, -0.2) is 0 Å². The standard InChI is InChI=1S/C15H22N2OS/c1-12-9-16-7-3-2-5-13(16)10-17(12)11-14(18)15-6-4-8-19-15/h4,6,8,12-13H,2-3,5,7,9-11H2,1H3. The van der Waals surface area contributed by atoms with Gasteiger partial charge in [0.1, 0.15) is 0 Å². The van der Waals surface area contributed by atoms with Gasteiger partial charge in [0, 0.05) is 25.2 Å². The van der Waals surface area contributed by atoms with E-state index >= 15 is 0 Å². The van der Waals surface area contributed by atoms with Crippen LogP contribution in [-0.2, 0) is 0 Å². The van der Waals surface area contributed by atoms with Crippen LogP contribution in [0.4, 0.5) is 0 Å². The fraction of sp³-hybridized carbons (Fsp3) is 0.667. The van der Waals surface area contributed by atoms with Crippen molar-refractivity contribution in [3.8, 4) is 0 Å². The summed E-state index contributed by atoms with van der Waals surface area (Å²) in [7, 11) is 0. The highest BCUT2D eigenvalue weighted by Crippen LogP contribution is 2.24. The number of piperazine rings is 1. The zero-order valence-corrected chi connectivity index (χ0v) is 12.4. The molecule has 3 nitrogen and oxygen atoms in total. The molecule has 2 aliphatic rings. The maximum atomic E-state index is 12.2. The molecule has 2 aliphatic heterocycles. The molecule has 0 saturated carbocycles. The van der Waals surface area contributed by atoms with Crippen LogP contribution in [0.5, 0.6) is 0 Å². The van der Waals surface area contributed by atoms with Gasteiger partial charge >= 0.3 is 0 Å². The number of thiophene rings is 1. The molecule has 0 aromatic carbocycles. The van der Waals surface area contributed by atoms with Crippen LogP contribution in [-0.4, -0.2) is 53.8 Å². The molecule has 0 amide bonds. The minimum atomic E-state index is 0.283. The summed E-state index contributed by atoms with van der Waals surface area (Å²) < 4.78 is 0. The third-order valence-electron chi connectivity index (χ3n) is 4.46. The lowest BCUT2D eigenvalue weighted by atomic mass is 9.97. The van der Waals surface area contributed by atoms with E-state index in [1.807, 2.05) is 17.5 Å². The second kappa shape index (κ2) is 5.73. The third-order valence-corrected chi connectivity index (χ3v) is 5.37. The Morgan fingerprint density at radius 2 is 2.32 bits per heavy atom. The summed E-state index contributed by atoms with van der Waals surface area (Å²) in [5, 5.41) is 1.98. The molecule has 104 valence electrons. The van der Waals surface area contributed by atoms with Gasteiger partial charge in [0.2, 0.25) is 0 Å². The first-order valence-electron chi connectivity index (χ1n) is 7.29. The predicted molar refractivity (Wildman–Crippen MR) is 78.9 cm³/mol. The predicted octanol–water partition coefficient (Wildman–Crippen LogP) is 2.49.